The fourth-order valence-corrected chi connectivity index (χ4v) is 13.1. The van der Waals surface area contributed by atoms with Gasteiger partial charge in [0, 0.05) is 44.8 Å². The Morgan fingerprint density at radius 2 is 1.53 bits per heavy atom. The maximum atomic E-state index is 14.0. The normalized spacial score (nSPS) is 49.4. The van der Waals surface area contributed by atoms with Crippen LogP contribution in [0.5, 0.6) is 0 Å². The van der Waals surface area contributed by atoms with E-state index in [0.717, 1.165) is 25.7 Å². The van der Waals surface area contributed by atoms with Crippen LogP contribution < -0.4 is 0 Å². The largest absolute Gasteiger partial charge is 0.458 e. The van der Waals surface area contributed by atoms with Crippen LogP contribution in [0.15, 0.2) is 30.3 Å². The van der Waals surface area contributed by atoms with Crippen LogP contribution in [0, 0.1) is 28.6 Å². The monoisotopic (exact) mass is 814 g/mol. The summed E-state index contributed by atoms with van der Waals surface area (Å²) in [6.07, 6.45) is -3.22. The predicted octanol–water partition coefficient (Wildman–Crippen LogP) is 4.29. The van der Waals surface area contributed by atoms with E-state index in [2.05, 4.69) is 6.92 Å². The molecule has 1 aromatic carbocycles. The molecule has 3 saturated heterocycles. The number of carbonyl (C=O) groups excluding carboxylic acids is 3. The molecule has 14 nitrogen and oxygen atoms in total. The number of Topliss-reactive ketones (excluding diaryl/α,β-unsaturated/α-hetero) is 1. The lowest BCUT2D eigenvalue weighted by atomic mass is 9.43. The van der Waals surface area contributed by atoms with Crippen LogP contribution in [-0.4, -0.2) is 127 Å². The molecule has 2 N–H and O–H groups in total. The smallest absolute Gasteiger partial charge is 0.338 e. The summed E-state index contributed by atoms with van der Waals surface area (Å²) in [5.74, 6) is -1.51. The number of carbonyl (C=O) groups is 3. The molecule has 0 bridgehead atoms. The highest BCUT2D eigenvalue weighted by molar-refractivity contribution is 5.89. The zero-order valence-electron chi connectivity index (χ0n) is 35.0. The van der Waals surface area contributed by atoms with Gasteiger partial charge in [-0.25, -0.2) is 4.79 Å². The number of hydrogen-bond donors (Lipinski definition) is 2. The third-order valence-electron chi connectivity index (χ3n) is 15.8. The van der Waals surface area contributed by atoms with Gasteiger partial charge in [0.05, 0.1) is 30.0 Å². The molecule has 0 aromatic heterocycles. The van der Waals surface area contributed by atoms with Crippen molar-refractivity contribution in [1.82, 2.24) is 0 Å². The lowest BCUT2D eigenvalue weighted by Crippen LogP contribution is -2.70. The Morgan fingerprint density at radius 3 is 2.21 bits per heavy atom. The topological polar surface area (TPSA) is 178 Å². The van der Waals surface area contributed by atoms with Gasteiger partial charge in [-0.1, -0.05) is 32.0 Å². The highest BCUT2D eigenvalue weighted by atomic mass is 16.7. The molecule has 3 aliphatic heterocycles. The van der Waals surface area contributed by atoms with E-state index in [4.69, 9.17) is 42.6 Å². The average Bonchev–Trinajstić information content (AvgIpc) is 3.74. The molecular formula is C44H62O14. The number of rotatable bonds is 10. The summed E-state index contributed by atoms with van der Waals surface area (Å²) in [4.78, 5) is 40.3. The van der Waals surface area contributed by atoms with Gasteiger partial charge in [0.1, 0.15) is 53.6 Å². The molecule has 58 heavy (non-hydrogen) atoms. The summed E-state index contributed by atoms with van der Waals surface area (Å²) in [6.45, 7) is 10.9. The van der Waals surface area contributed by atoms with E-state index in [9.17, 15) is 24.6 Å². The number of benzene rings is 1. The molecule has 14 heteroatoms. The quantitative estimate of drug-likeness (QED) is 0.194. The minimum absolute atomic E-state index is 0.0215. The molecule has 2 spiro atoms. The van der Waals surface area contributed by atoms with Gasteiger partial charge in [0.15, 0.2) is 12.6 Å². The molecule has 322 valence electrons. The van der Waals surface area contributed by atoms with E-state index in [-0.39, 0.29) is 29.1 Å². The van der Waals surface area contributed by atoms with E-state index < -0.39 is 102 Å². The number of fused-ring (bicyclic) bond motifs is 2. The summed E-state index contributed by atoms with van der Waals surface area (Å²) in [5.41, 5.74) is -2.18. The van der Waals surface area contributed by atoms with Crippen molar-refractivity contribution < 1.29 is 67.2 Å². The van der Waals surface area contributed by atoms with Gasteiger partial charge < -0.3 is 52.8 Å². The van der Waals surface area contributed by atoms with Gasteiger partial charge >= 0.3 is 11.9 Å². The van der Waals surface area contributed by atoms with Crippen LogP contribution in [0.25, 0.3) is 0 Å². The number of methoxy groups -OCH3 is 2. The van der Waals surface area contributed by atoms with Crippen LogP contribution in [0.1, 0.15) is 103 Å². The molecule has 7 fully saturated rings. The Bertz CT molecular complexity index is 1710. The van der Waals surface area contributed by atoms with Crippen LogP contribution in [0.3, 0.4) is 0 Å². The van der Waals surface area contributed by atoms with Gasteiger partial charge in [-0.15, -0.1) is 0 Å². The first-order valence-electron chi connectivity index (χ1n) is 21.2. The number of ketones is 1. The van der Waals surface area contributed by atoms with Gasteiger partial charge in [-0.3, -0.25) is 9.59 Å². The summed E-state index contributed by atoms with van der Waals surface area (Å²) < 4.78 is 56.6. The molecule has 3 heterocycles. The number of hydrogen-bond acceptors (Lipinski definition) is 14. The second-order valence-corrected chi connectivity index (χ2v) is 18.6. The fraction of sp³-hybridized carbons (Fsp3) is 0.795. The third-order valence-corrected chi connectivity index (χ3v) is 15.8. The van der Waals surface area contributed by atoms with Crippen molar-refractivity contribution in [2.75, 3.05) is 14.2 Å². The predicted molar refractivity (Wildman–Crippen MR) is 204 cm³/mol. The van der Waals surface area contributed by atoms with Crippen molar-refractivity contribution in [3.8, 4) is 0 Å². The van der Waals surface area contributed by atoms with Crippen molar-refractivity contribution >= 4 is 17.7 Å². The molecule has 0 unspecified atom stereocenters. The molecule has 19 atom stereocenters. The minimum Gasteiger partial charge on any atom is -0.458 e. The molecule has 4 saturated carbocycles. The second-order valence-electron chi connectivity index (χ2n) is 18.6. The minimum atomic E-state index is -1.22. The Kier molecular flexibility index (Phi) is 11.2. The average molecular weight is 815 g/mol. The lowest BCUT2D eigenvalue weighted by molar-refractivity contribution is -0.343. The summed E-state index contributed by atoms with van der Waals surface area (Å²) in [7, 11) is 3.04. The molecule has 0 radical (unpaired) electrons. The van der Waals surface area contributed by atoms with Crippen LogP contribution >= 0.6 is 0 Å². The Labute approximate surface area is 340 Å². The number of aliphatic hydroxyl groups is 2. The van der Waals surface area contributed by atoms with Gasteiger partial charge in [-0.05, 0) is 89.2 Å². The molecule has 1 aromatic rings. The molecule has 8 rings (SSSR count). The number of ether oxygens (including phenoxy) is 9. The number of esters is 2. The molecule has 4 aliphatic carbocycles. The molecular weight excluding hydrogens is 752 g/mol. The summed E-state index contributed by atoms with van der Waals surface area (Å²) >= 11 is 0. The van der Waals surface area contributed by atoms with Crippen LogP contribution in [-0.2, 0) is 52.2 Å². The summed E-state index contributed by atoms with van der Waals surface area (Å²) in [6, 6.07) is 8.86. The fourth-order valence-electron chi connectivity index (χ4n) is 13.1. The highest BCUT2D eigenvalue weighted by Gasteiger charge is 2.91. The Morgan fingerprint density at radius 1 is 0.793 bits per heavy atom. The zero-order chi connectivity index (χ0) is 41.5. The molecule has 0 amide bonds. The first kappa shape index (κ1) is 42.2. The standard InChI is InChI=1S/C44H62O14/c1-22(45)29-16-19-44-42(29,6)38(54-25(4)46)36(56-39(49)26-12-10-9-11-13-26)37-41(5)17-15-28(20-27(41)14-18-43(37,44)58-44)55-31-21-30(50-7)34(24(3)52-31)57-40-33(48)35(51-8)32(47)23(2)53-40/h9-13,23-24,27-38,40,47-48H,14-21H2,1-8H3/t23-,24-,27+,28+,29+,30-,31-,32-,33-,34-,35-,36+,37-,38-,40+,41+,42+,43+,44-/m1/s1. The number of aliphatic hydroxyl groups excluding tert-OH is 2. The summed E-state index contributed by atoms with van der Waals surface area (Å²) in [5, 5.41) is 21.4. The maximum absolute atomic E-state index is 14.0. The third kappa shape index (κ3) is 6.42. The number of epoxide rings is 1. The van der Waals surface area contributed by atoms with Crippen molar-refractivity contribution in [1.29, 1.82) is 0 Å². The van der Waals surface area contributed by atoms with E-state index in [1.54, 1.807) is 45.2 Å². The van der Waals surface area contributed by atoms with Crippen molar-refractivity contribution in [2.24, 2.45) is 28.6 Å². The van der Waals surface area contributed by atoms with Crippen LogP contribution in [0.2, 0.25) is 0 Å². The van der Waals surface area contributed by atoms with Crippen molar-refractivity contribution in [3.05, 3.63) is 35.9 Å². The highest BCUT2D eigenvalue weighted by Crippen LogP contribution is 2.81. The van der Waals surface area contributed by atoms with E-state index >= 15 is 0 Å². The first-order chi connectivity index (χ1) is 27.5. The van der Waals surface area contributed by atoms with Crippen molar-refractivity contribution in [3.63, 3.8) is 0 Å². The Balaban J connectivity index is 1.02. The van der Waals surface area contributed by atoms with Crippen molar-refractivity contribution in [2.45, 2.75) is 178 Å². The molecule has 7 aliphatic rings. The Hall–Kier alpha value is -2.53. The lowest BCUT2D eigenvalue weighted by Gasteiger charge is -2.61. The SMILES string of the molecule is CO[C@H]1[C@@H](O)[C@H](O[C@@H]2[C@@H](C)O[C@H](O[C@H]3CC[C@@]4(C)[C@@H](CC[C@@]56O[C@@]57CC[C@@H](C(C)=O)[C@@]7(C)[C@H](OC(C)=O)[C@@H](OC(=O)c5ccccc5)[C@H]46)C3)C[C@H]2OC)O[C@H](C)[C@H]1O. The van der Waals surface area contributed by atoms with Crippen LogP contribution in [0.4, 0.5) is 0 Å². The second kappa shape index (κ2) is 15.4. The van der Waals surface area contributed by atoms with E-state index in [0.29, 0.717) is 31.2 Å². The maximum Gasteiger partial charge on any atom is 0.338 e. The van der Waals surface area contributed by atoms with Gasteiger partial charge in [-0.2, -0.15) is 0 Å². The zero-order valence-corrected chi connectivity index (χ0v) is 35.0. The van der Waals surface area contributed by atoms with E-state index in [1.165, 1.54) is 14.0 Å². The van der Waals surface area contributed by atoms with E-state index in [1.807, 2.05) is 19.9 Å². The van der Waals surface area contributed by atoms with Gasteiger partial charge in [0.2, 0.25) is 0 Å². The van der Waals surface area contributed by atoms with Gasteiger partial charge in [0.25, 0.3) is 0 Å². The first-order valence-corrected chi connectivity index (χ1v) is 21.2.